The molecule has 0 amide bonds. The molecule has 14 heavy (non-hydrogen) atoms. The molecule has 0 spiro atoms. The molecule has 3 aliphatic heterocycles. The summed E-state index contributed by atoms with van der Waals surface area (Å²) < 4.78 is 10.0. The summed E-state index contributed by atoms with van der Waals surface area (Å²) >= 11 is 0. The van der Waals surface area contributed by atoms with E-state index in [-0.39, 0.29) is 6.10 Å². The van der Waals surface area contributed by atoms with Gasteiger partial charge in [0, 0.05) is 6.54 Å². The largest absolute Gasteiger partial charge is 0.508 e. The molecular formula is C10H17NO3. The molecule has 1 atom stereocenters. The molecule has 0 aromatic carbocycles. The van der Waals surface area contributed by atoms with Gasteiger partial charge >= 0.3 is 6.16 Å². The Hall–Kier alpha value is -0.770. The third-order valence-electron chi connectivity index (χ3n) is 3.11. The minimum Gasteiger partial charge on any atom is -0.435 e. The molecule has 0 radical (unpaired) electrons. The van der Waals surface area contributed by atoms with Gasteiger partial charge in [0.1, 0.15) is 6.10 Å². The summed E-state index contributed by atoms with van der Waals surface area (Å²) in [6.07, 6.45) is 1.87. The number of fused-ring (bicyclic) bond motifs is 3. The van der Waals surface area contributed by atoms with E-state index in [1.54, 1.807) is 6.92 Å². The van der Waals surface area contributed by atoms with E-state index < -0.39 is 6.16 Å². The first-order valence-corrected chi connectivity index (χ1v) is 5.35. The molecule has 4 nitrogen and oxygen atoms in total. The van der Waals surface area contributed by atoms with Gasteiger partial charge in [-0.15, -0.1) is 0 Å². The summed E-state index contributed by atoms with van der Waals surface area (Å²) in [5.74, 6) is 0.560. The highest BCUT2D eigenvalue weighted by atomic mass is 16.7. The van der Waals surface area contributed by atoms with Gasteiger partial charge in [-0.2, -0.15) is 0 Å². The monoisotopic (exact) mass is 199 g/mol. The van der Waals surface area contributed by atoms with E-state index in [1.165, 1.54) is 0 Å². The van der Waals surface area contributed by atoms with Crippen molar-refractivity contribution in [2.75, 3.05) is 26.2 Å². The number of hydrogen-bond acceptors (Lipinski definition) is 4. The smallest absolute Gasteiger partial charge is 0.435 e. The van der Waals surface area contributed by atoms with Gasteiger partial charge in [0.05, 0.1) is 6.61 Å². The minimum atomic E-state index is -0.508. The molecule has 3 saturated heterocycles. The summed E-state index contributed by atoms with van der Waals surface area (Å²) in [6.45, 7) is 5.39. The van der Waals surface area contributed by atoms with Crippen molar-refractivity contribution in [2.24, 2.45) is 5.92 Å². The summed E-state index contributed by atoms with van der Waals surface area (Å²) in [7, 11) is 0. The van der Waals surface area contributed by atoms with Crippen molar-refractivity contribution in [2.45, 2.75) is 25.9 Å². The van der Waals surface area contributed by atoms with Gasteiger partial charge in [-0.25, -0.2) is 4.79 Å². The van der Waals surface area contributed by atoms with Crippen LogP contribution >= 0.6 is 0 Å². The van der Waals surface area contributed by atoms with Crippen LogP contribution in [-0.2, 0) is 9.47 Å². The standard InChI is InChI=1S/C10H17NO3/c1-2-13-10(12)14-9-7-11-5-3-8(9)4-6-11/h8-9H,2-7H2,1H3. The first kappa shape index (κ1) is 9.77. The topological polar surface area (TPSA) is 38.8 Å². The van der Waals surface area contributed by atoms with Gasteiger partial charge in [0.2, 0.25) is 0 Å². The zero-order chi connectivity index (χ0) is 9.97. The second kappa shape index (κ2) is 4.17. The number of rotatable bonds is 2. The molecule has 0 saturated carbocycles. The Kier molecular flexibility index (Phi) is 2.91. The molecule has 0 aromatic rings. The predicted molar refractivity (Wildman–Crippen MR) is 51.1 cm³/mol. The molecule has 0 aliphatic carbocycles. The molecule has 3 rings (SSSR count). The number of piperidine rings is 3. The normalized spacial score (nSPS) is 35.4. The van der Waals surface area contributed by atoms with Crippen LogP contribution in [0.15, 0.2) is 0 Å². The molecular weight excluding hydrogens is 182 g/mol. The Balaban J connectivity index is 1.83. The van der Waals surface area contributed by atoms with E-state index in [0.29, 0.717) is 12.5 Å². The molecule has 1 unspecified atom stereocenters. The van der Waals surface area contributed by atoms with Gasteiger partial charge in [0.15, 0.2) is 0 Å². The highest BCUT2D eigenvalue weighted by Gasteiger charge is 2.36. The van der Waals surface area contributed by atoms with Crippen molar-refractivity contribution in [1.82, 2.24) is 4.90 Å². The summed E-state index contributed by atoms with van der Waals surface area (Å²) in [5.41, 5.74) is 0. The lowest BCUT2D eigenvalue weighted by molar-refractivity contribution is -0.0572. The Morgan fingerprint density at radius 3 is 2.64 bits per heavy atom. The minimum absolute atomic E-state index is 0.0662. The first-order chi connectivity index (χ1) is 6.79. The number of ether oxygens (including phenoxy) is 2. The van der Waals surface area contributed by atoms with Crippen molar-refractivity contribution in [3.8, 4) is 0 Å². The third kappa shape index (κ3) is 2.00. The SMILES string of the molecule is CCOC(=O)OC1CN2CCC1CC2. The lowest BCUT2D eigenvalue weighted by Gasteiger charge is -2.43. The number of carbonyl (C=O) groups is 1. The van der Waals surface area contributed by atoms with Gasteiger partial charge in [-0.3, -0.25) is 4.90 Å². The van der Waals surface area contributed by atoms with Crippen LogP contribution in [0.2, 0.25) is 0 Å². The summed E-state index contributed by atoms with van der Waals surface area (Å²) in [4.78, 5) is 13.5. The number of hydrogen-bond donors (Lipinski definition) is 0. The van der Waals surface area contributed by atoms with Crippen LogP contribution in [0.5, 0.6) is 0 Å². The Bertz CT molecular complexity index is 211. The fraction of sp³-hybridized carbons (Fsp3) is 0.900. The maximum Gasteiger partial charge on any atom is 0.508 e. The highest BCUT2D eigenvalue weighted by molar-refractivity contribution is 5.60. The lowest BCUT2D eigenvalue weighted by Crippen LogP contribution is -2.51. The average Bonchev–Trinajstić information content (AvgIpc) is 2.19. The van der Waals surface area contributed by atoms with E-state index in [4.69, 9.17) is 9.47 Å². The molecule has 3 fully saturated rings. The fourth-order valence-electron chi connectivity index (χ4n) is 2.32. The van der Waals surface area contributed by atoms with Gasteiger partial charge in [-0.05, 0) is 38.8 Å². The first-order valence-electron chi connectivity index (χ1n) is 5.35. The fourth-order valence-corrected chi connectivity index (χ4v) is 2.32. The van der Waals surface area contributed by atoms with Crippen molar-refractivity contribution in [3.63, 3.8) is 0 Å². The molecule has 0 aromatic heterocycles. The quantitative estimate of drug-likeness (QED) is 0.627. The lowest BCUT2D eigenvalue weighted by atomic mass is 9.86. The van der Waals surface area contributed by atoms with E-state index >= 15 is 0 Å². The van der Waals surface area contributed by atoms with Crippen LogP contribution in [-0.4, -0.2) is 43.4 Å². The summed E-state index contributed by atoms with van der Waals surface area (Å²) in [5, 5.41) is 0. The highest BCUT2D eigenvalue weighted by Crippen LogP contribution is 2.29. The number of nitrogens with zero attached hydrogens (tertiary/aromatic N) is 1. The molecule has 80 valence electrons. The van der Waals surface area contributed by atoms with Gasteiger partial charge in [-0.1, -0.05) is 0 Å². The van der Waals surface area contributed by atoms with Crippen LogP contribution in [0, 0.1) is 5.92 Å². The average molecular weight is 199 g/mol. The van der Waals surface area contributed by atoms with Crippen LogP contribution in [0.1, 0.15) is 19.8 Å². The van der Waals surface area contributed by atoms with Crippen LogP contribution in [0.25, 0.3) is 0 Å². The molecule has 2 bridgehead atoms. The van der Waals surface area contributed by atoms with Gasteiger partial charge in [0.25, 0.3) is 0 Å². The zero-order valence-electron chi connectivity index (χ0n) is 8.57. The van der Waals surface area contributed by atoms with Gasteiger partial charge < -0.3 is 9.47 Å². The van der Waals surface area contributed by atoms with Crippen molar-refractivity contribution < 1.29 is 14.3 Å². The molecule has 0 N–H and O–H groups in total. The summed E-state index contributed by atoms with van der Waals surface area (Å²) in [6, 6.07) is 0. The van der Waals surface area contributed by atoms with E-state index in [9.17, 15) is 4.79 Å². The maximum atomic E-state index is 11.1. The Morgan fingerprint density at radius 1 is 1.43 bits per heavy atom. The van der Waals surface area contributed by atoms with Crippen molar-refractivity contribution in [3.05, 3.63) is 0 Å². The van der Waals surface area contributed by atoms with Crippen LogP contribution in [0.3, 0.4) is 0 Å². The third-order valence-corrected chi connectivity index (χ3v) is 3.11. The molecule has 4 heteroatoms. The maximum absolute atomic E-state index is 11.1. The second-order valence-electron chi connectivity index (χ2n) is 3.98. The van der Waals surface area contributed by atoms with E-state index in [2.05, 4.69) is 4.90 Å². The van der Waals surface area contributed by atoms with Crippen LogP contribution in [0.4, 0.5) is 4.79 Å². The van der Waals surface area contributed by atoms with Crippen molar-refractivity contribution >= 4 is 6.16 Å². The van der Waals surface area contributed by atoms with E-state index in [1.807, 2.05) is 0 Å². The van der Waals surface area contributed by atoms with E-state index in [0.717, 1.165) is 32.5 Å². The Morgan fingerprint density at radius 2 is 2.14 bits per heavy atom. The zero-order valence-corrected chi connectivity index (χ0v) is 8.57. The molecule has 3 aliphatic rings. The molecule has 3 heterocycles. The number of carbonyl (C=O) groups excluding carboxylic acids is 1. The second-order valence-corrected chi connectivity index (χ2v) is 3.98. The predicted octanol–water partition coefficient (Wildman–Crippen LogP) is 1.25. The van der Waals surface area contributed by atoms with Crippen LogP contribution < -0.4 is 0 Å². The Labute approximate surface area is 84.2 Å². The van der Waals surface area contributed by atoms with Crippen molar-refractivity contribution in [1.29, 1.82) is 0 Å².